The zero-order valence-corrected chi connectivity index (χ0v) is 20.3. The van der Waals surface area contributed by atoms with Gasteiger partial charge in [-0.2, -0.15) is 0 Å². The number of benzene rings is 1. The summed E-state index contributed by atoms with van der Waals surface area (Å²) in [6, 6.07) is 6.18. The quantitative estimate of drug-likeness (QED) is 0.607. The summed E-state index contributed by atoms with van der Waals surface area (Å²) in [5, 5.41) is -1.00. The Morgan fingerprint density at radius 2 is 1.68 bits per heavy atom. The minimum atomic E-state index is -3.82. The zero-order chi connectivity index (χ0) is 23.0. The van der Waals surface area contributed by atoms with Crippen LogP contribution in [0.5, 0.6) is 0 Å². The number of carbonyl (C=O) groups excluding carboxylic acids is 1. The van der Waals surface area contributed by atoms with Gasteiger partial charge >= 0.3 is 5.97 Å². The summed E-state index contributed by atoms with van der Waals surface area (Å²) in [5.74, 6) is -0.974. The molecule has 1 aromatic rings. The van der Waals surface area contributed by atoms with Crippen LogP contribution in [-0.4, -0.2) is 70.2 Å². The van der Waals surface area contributed by atoms with Crippen molar-refractivity contribution in [3.05, 3.63) is 29.8 Å². The molecule has 0 aromatic heterocycles. The van der Waals surface area contributed by atoms with Gasteiger partial charge in [0, 0.05) is 6.04 Å². The lowest BCUT2D eigenvalue weighted by Crippen LogP contribution is -2.50. The lowest BCUT2D eigenvalue weighted by Gasteiger charge is -2.36. The maximum absolute atomic E-state index is 13.4. The molecule has 0 bridgehead atoms. The smallest absolute Gasteiger partial charge is 0.309 e. The van der Waals surface area contributed by atoms with E-state index in [-0.39, 0.29) is 33.7 Å². The Morgan fingerprint density at radius 1 is 1.10 bits per heavy atom. The SMILES string of the molecule is CCOC(=O)C1CCN([C@H]2CS(=O)(=O)C[C@@H]2S(=O)(=O)c2ccc(C(C)(C)C)cc2)CC1. The van der Waals surface area contributed by atoms with Gasteiger partial charge in [0.15, 0.2) is 19.7 Å². The number of esters is 1. The summed E-state index contributed by atoms with van der Waals surface area (Å²) >= 11 is 0. The third-order valence-electron chi connectivity index (χ3n) is 6.34. The Kier molecular flexibility index (Phi) is 6.89. The normalized spacial score (nSPS) is 25.4. The molecule has 0 unspecified atom stereocenters. The van der Waals surface area contributed by atoms with E-state index in [9.17, 15) is 21.6 Å². The first-order chi connectivity index (χ1) is 14.3. The molecule has 2 saturated heterocycles. The number of piperidine rings is 1. The molecular formula is C22H33NO6S2. The van der Waals surface area contributed by atoms with Crippen LogP contribution in [0, 0.1) is 5.92 Å². The first-order valence-electron chi connectivity index (χ1n) is 10.8. The molecule has 9 heteroatoms. The Hall–Kier alpha value is -1.45. The number of ether oxygens (including phenoxy) is 1. The molecule has 0 N–H and O–H groups in total. The molecule has 2 aliphatic heterocycles. The monoisotopic (exact) mass is 471 g/mol. The maximum atomic E-state index is 13.4. The molecule has 0 spiro atoms. The highest BCUT2D eigenvalue weighted by Crippen LogP contribution is 2.32. The molecule has 0 saturated carbocycles. The highest BCUT2D eigenvalue weighted by molar-refractivity contribution is 7.96. The van der Waals surface area contributed by atoms with Crippen molar-refractivity contribution in [1.29, 1.82) is 0 Å². The molecule has 7 nitrogen and oxygen atoms in total. The van der Waals surface area contributed by atoms with Crippen LogP contribution < -0.4 is 0 Å². The van der Waals surface area contributed by atoms with Crippen LogP contribution in [0.3, 0.4) is 0 Å². The van der Waals surface area contributed by atoms with E-state index in [4.69, 9.17) is 4.74 Å². The zero-order valence-electron chi connectivity index (χ0n) is 18.7. The Bertz CT molecular complexity index is 1000. The van der Waals surface area contributed by atoms with Crippen LogP contribution in [0.1, 0.15) is 46.1 Å². The van der Waals surface area contributed by atoms with Crippen molar-refractivity contribution in [3.8, 4) is 0 Å². The average Bonchev–Trinajstić information content (AvgIpc) is 3.04. The Labute approximate surface area is 186 Å². The van der Waals surface area contributed by atoms with Gasteiger partial charge in [0.05, 0.1) is 34.2 Å². The maximum Gasteiger partial charge on any atom is 0.309 e. The fourth-order valence-electron chi connectivity index (χ4n) is 4.48. The number of hydrogen-bond acceptors (Lipinski definition) is 7. The van der Waals surface area contributed by atoms with Gasteiger partial charge in [0.25, 0.3) is 0 Å². The van der Waals surface area contributed by atoms with E-state index in [1.807, 2.05) is 4.90 Å². The molecule has 2 aliphatic rings. The van der Waals surface area contributed by atoms with E-state index in [2.05, 4.69) is 20.8 Å². The average molecular weight is 472 g/mol. The Morgan fingerprint density at radius 3 is 2.19 bits per heavy atom. The summed E-state index contributed by atoms with van der Waals surface area (Å²) < 4.78 is 56.9. The number of likely N-dealkylation sites (tertiary alicyclic amines) is 1. The summed E-state index contributed by atoms with van der Waals surface area (Å²) in [5.41, 5.74) is 0.910. The van der Waals surface area contributed by atoms with Crippen LogP contribution in [0.2, 0.25) is 0 Å². The molecule has 2 atom stereocenters. The lowest BCUT2D eigenvalue weighted by molar-refractivity contribution is -0.149. The number of sulfone groups is 2. The van der Waals surface area contributed by atoms with Crippen molar-refractivity contribution < 1.29 is 26.4 Å². The fraction of sp³-hybridized carbons (Fsp3) is 0.682. The van der Waals surface area contributed by atoms with Crippen LogP contribution in [0.15, 0.2) is 29.2 Å². The number of carbonyl (C=O) groups is 1. The van der Waals surface area contributed by atoms with E-state index in [0.29, 0.717) is 32.5 Å². The predicted octanol–water partition coefficient (Wildman–Crippen LogP) is 2.20. The van der Waals surface area contributed by atoms with Gasteiger partial charge in [-0.3, -0.25) is 9.69 Å². The Balaban J connectivity index is 1.81. The van der Waals surface area contributed by atoms with E-state index in [1.54, 1.807) is 31.2 Å². The molecular weight excluding hydrogens is 438 g/mol. The van der Waals surface area contributed by atoms with Gasteiger partial charge in [0.1, 0.15) is 0 Å². The van der Waals surface area contributed by atoms with Gasteiger partial charge in [-0.15, -0.1) is 0 Å². The largest absolute Gasteiger partial charge is 0.466 e. The van der Waals surface area contributed by atoms with Crippen molar-refractivity contribution >= 4 is 25.6 Å². The number of nitrogens with zero attached hydrogens (tertiary/aromatic N) is 1. The summed E-state index contributed by atoms with van der Waals surface area (Å²) in [7, 11) is -7.29. The number of hydrogen-bond donors (Lipinski definition) is 0. The second-order valence-electron chi connectivity index (χ2n) is 9.56. The minimum absolute atomic E-state index is 0.106. The third kappa shape index (κ3) is 5.31. The summed E-state index contributed by atoms with van der Waals surface area (Å²) in [6.45, 7) is 9.22. The second-order valence-corrected chi connectivity index (χ2v) is 13.9. The molecule has 2 heterocycles. The van der Waals surface area contributed by atoms with Crippen molar-refractivity contribution in [1.82, 2.24) is 4.90 Å². The molecule has 1 aromatic carbocycles. The molecule has 2 fully saturated rings. The van der Waals surface area contributed by atoms with Crippen LogP contribution in [0.4, 0.5) is 0 Å². The topological polar surface area (TPSA) is 97.8 Å². The van der Waals surface area contributed by atoms with Gasteiger partial charge in [-0.25, -0.2) is 16.8 Å². The molecule has 0 aliphatic carbocycles. The first kappa shape index (κ1) is 24.2. The lowest BCUT2D eigenvalue weighted by atomic mass is 9.87. The highest BCUT2D eigenvalue weighted by Gasteiger charge is 2.49. The first-order valence-corrected chi connectivity index (χ1v) is 14.2. The highest BCUT2D eigenvalue weighted by atomic mass is 32.2. The van der Waals surface area contributed by atoms with Crippen molar-refractivity contribution in [2.75, 3.05) is 31.2 Å². The van der Waals surface area contributed by atoms with E-state index >= 15 is 0 Å². The van der Waals surface area contributed by atoms with Gasteiger partial charge in [-0.05, 0) is 56.0 Å². The van der Waals surface area contributed by atoms with Gasteiger partial charge in [0.2, 0.25) is 0 Å². The minimum Gasteiger partial charge on any atom is -0.466 e. The molecule has 0 amide bonds. The van der Waals surface area contributed by atoms with Gasteiger partial charge < -0.3 is 4.74 Å². The molecule has 174 valence electrons. The van der Waals surface area contributed by atoms with E-state index in [0.717, 1.165) is 5.56 Å². The summed E-state index contributed by atoms with van der Waals surface area (Å²) in [6.07, 6.45) is 1.09. The fourth-order valence-corrected chi connectivity index (χ4v) is 9.31. The van der Waals surface area contributed by atoms with Crippen molar-refractivity contribution in [2.45, 2.75) is 62.1 Å². The van der Waals surface area contributed by atoms with Crippen LogP contribution in [-0.2, 0) is 34.6 Å². The van der Waals surface area contributed by atoms with Crippen molar-refractivity contribution in [3.63, 3.8) is 0 Å². The third-order valence-corrected chi connectivity index (χ3v) is 10.5. The standard InChI is InChI=1S/C22H33NO6S2/c1-5-29-21(24)16-10-12-23(13-11-16)19-14-30(25,26)15-20(19)31(27,28)18-8-6-17(7-9-18)22(2,3)4/h6-9,16,19-20H,5,10-15H2,1-4H3/t19-,20-/m0/s1. The van der Waals surface area contributed by atoms with Crippen LogP contribution in [0.25, 0.3) is 0 Å². The van der Waals surface area contributed by atoms with Crippen molar-refractivity contribution in [2.24, 2.45) is 5.92 Å². The van der Waals surface area contributed by atoms with E-state index < -0.39 is 31.0 Å². The number of rotatable bonds is 5. The predicted molar refractivity (Wildman–Crippen MR) is 119 cm³/mol. The van der Waals surface area contributed by atoms with Crippen LogP contribution >= 0.6 is 0 Å². The summed E-state index contributed by atoms with van der Waals surface area (Å²) in [4.78, 5) is 14.1. The van der Waals surface area contributed by atoms with E-state index in [1.165, 1.54) is 0 Å². The van der Waals surface area contributed by atoms with Gasteiger partial charge in [-0.1, -0.05) is 32.9 Å². The second kappa shape index (κ2) is 8.83. The molecule has 31 heavy (non-hydrogen) atoms. The molecule has 0 radical (unpaired) electrons. The molecule has 3 rings (SSSR count).